The minimum atomic E-state index is -1.33. The SMILES string of the molecule is CC(=O)COCCOCCCC(=O)CCC(NC(=O)CCCCCCCCCCCCCCCCC(=O)C(=O)O)C(=O)O. The minimum absolute atomic E-state index is 0.0532. The van der Waals surface area contributed by atoms with Crippen LogP contribution in [0.5, 0.6) is 0 Å². The fourth-order valence-electron chi connectivity index (χ4n) is 4.56. The first-order valence-electron chi connectivity index (χ1n) is 16.1. The monoisotopic (exact) mass is 613 g/mol. The molecule has 0 heterocycles. The van der Waals surface area contributed by atoms with Crippen molar-refractivity contribution < 1.29 is 48.5 Å². The number of carbonyl (C=O) groups excluding carboxylic acids is 4. The molecular weight excluding hydrogens is 558 g/mol. The molecule has 248 valence electrons. The van der Waals surface area contributed by atoms with Crippen LogP contribution in [0.2, 0.25) is 0 Å². The third kappa shape index (κ3) is 27.9. The molecule has 0 aromatic rings. The Labute approximate surface area is 256 Å². The highest BCUT2D eigenvalue weighted by atomic mass is 16.5. The van der Waals surface area contributed by atoms with Crippen LogP contribution in [0, 0.1) is 0 Å². The molecule has 0 rings (SSSR count). The molecule has 0 fully saturated rings. The average Bonchev–Trinajstić information content (AvgIpc) is 2.95. The second-order valence-electron chi connectivity index (χ2n) is 11.2. The summed E-state index contributed by atoms with van der Waals surface area (Å²) in [6.45, 7) is 2.52. The molecule has 0 aromatic carbocycles. The van der Waals surface area contributed by atoms with Crippen molar-refractivity contribution in [2.75, 3.05) is 26.4 Å². The van der Waals surface area contributed by atoms with E-state index >= 15 is 0 Å². The third-order valence-corrected chi connectivity index (χ3v) is 7.06. The highest BCUT2D eigenvalue weighted by Crippen LogP contribution is 2.14. The Kier molecular flexibility index (Phi) is 26.4. The number of hydrogen-bond donors (Lipinski definition) is 3. The number of carbonyl (C=O) groups is 6. The lowest BCUT2D eigenvalue weighted by molar-refractivity contribution is -0.149. The lowest BCUT2D eigenvalue weighted by atomic mass is 10.0. The number of hydrogen-bond acceptors (Lipinski definition) is 8. The fraction of sp³-hybridized carbons (Fsp3) is 0.812. The number of unbranched alkanes of at least 4 members (excludes halogenated alkanes) is 13. The van der Waals surface area contributed by atoms with Gasteiger partial charge in [0.1, 0.15) is 18.4 Å². The number of carboxylic acids is 2. The maximum absolute atomic E-state index is 12.2. The zero-order valence-electron chi connectivity index (χ0n) is 26.2. The molecular formula is C32H55NO10. The topological polar surface area (TPSA) is 173 Å². The quantitative estimate of drug-likeness (QED) is 0.0675. The number of aliphatic carboxylic acids is 2. The predicted molar refractivity (Wildman–Crippen MR) is 162 cm³/mol. The number of ketones is 3. The zero-order chi connectivity index (χ0) is 32.1. The van der Waals surface area contributed by atoms with Gasteiger partial charge in [-0.25, -0.2) is 9.59 Å². The van der Waals surface area contributed by atoms with Gasteiger partial charge in [-0.05, 0) is 32.6 Å². The fourth-order valence-corrected chi connectivity index (χ4v) is 4.56. The molecule has 11 nitrogen and oxygen atoms in total. The van der Waals surface area contributed by atoms with Gasteiger partial charge in [-0.1, -0.05) is 77.0 Å². The molecule has 43 heavy (non-hydrogen) atoms. The van der Waals surface area contributed by atoms with Crippen LogP contribution >= 0.6 is 0 Å². The van der Waals surface area contributed by atoms with E-state index in [0.29, 0.717) is 39.1 Å². The number of rotatable bonds is 32. The van der Waals surface area contributed by atoms with Crippen molar-refractivity contribution in [3.63, 3.8) is 0 Å². The van der Waals surface area contributed by atoms with Crippen molar-refractivity contribution in [1.29, 1.82) is 0 Å². The van der Waals surface area contributed by atoms with Crippen LogP contribution in [0.15, 0.2) is 0 Å². The molecule has 0 bridgehead atoms. The lowest BCUT2D eigenvalue weighted by Crippen LogP contribution is -2.41. The Bertz CT molecular complexity index is 814. The molecule has 0 saturated carbocycles. The van der Waals surface area contributed by atoms with Crippen molar-refractivity contribution in [2.24, 2.45) is 0 Å². The van der Waals surface area contributed by atoms with Crippen LogP contribution in [0.1, 0.15) is 135 Å². The Morgan fingerprint density at radius 2 is 1.07 bits per heavy atom. The number of amides is 1. The van der Waals surface area contributed by atoms with Gasteiger partial charge in [0.2, 0.25) is 11.7 Å². The number of ether oxygens (including phenoxy) is 2. The maximum Gasteiger partial charge on any atom is 0.372 e. The number of Topliss-reactive ketones (excluding diaryl/α,β-unsaturated/α-hetero) is 3. The molecule has 0 radical (unpaired) electrons. The van der Waals surface area contributed by atoms with Crippen molar-refractivity contribution in [3.05, 3.63) is 0 Å². The molecule has 0 aliphatic carbocycles. The first-order chi connectivity index (χ1) is 20.6. The molecule has 0 saturated heterocycles. The van der Waals surface area contributed by atoms with Gasteiger partial charge in [0.15, 0.2) is 5.78 Å². The second-order valence-corrected chi connectivity index (χ2v) is 11.2. The minimum Gasteiger partial charge on any atom is -0.480 e. The summed E-state index contributed by atoms with van der Waals surface area (Å²) < 4.78 is 10.4. The van der Waals surface area contributed by atoms with Gasteiger partial charge >= 0.3 is 11.9 Å². The predicted octanol–water partition coefficient (Wildman–Crippen LogP) is 5.20. The average molecular weight is 614 g/mol. The molecule has 11 heteroatoms. The van der Waals surface area contributed by atoms with E-state index in [1.165, 1.54) is 45.4 Å². The van der Waals surface area contributed by atoms with Gasteiger partial charge in [0.25, 0.3) is 0 Å². The molecule has 0 aliphatic rings. The molecule has 0 spiro atoms. The standard InChI is InChI=1S/C32H55NO10/c1-26(34)25-43-24-23-42-22-16-17-27(35)20-21-28(31(38)39)33-30(37)19-15-13-11-9-7-5-3-2-4-6-8-10-12-14-18-29(36)32(40)41/h28H,2-25H2,1H3,(H,33,37)(H,38,39)(H,40,41). The van der Waals surface area contributed by atoms with Gasteiger partial charge in [0.05, 0.1) is 13.2 Å². The Balaban J connectivity index is 3.65. The Morgan fingerprint density at radius 3 is 1.56 bits per heavy atom. The normalized spacial score (nSPS) is 11.7. The molecule has 1 amide bonds. The first-order valence-corrected chi connectivity index (χ1v) is 16.1. The molecule has 3 N–H and O–H groups in total. The summed E-state index contributed by atoms with van der Waals surface area (Å²) in [5.74, 6) is -3.59. The van der Waals surface area contributed by atoms with E-state index in [1.54, 1.807) is 0 Å². The summed E-state index contributed by atoms with van der Waals surface area (Å²) in [5, 5.41) is 20.5. The van der Waals surface area contributed by atoms with Gasteiger partial charge in [-0.15, -0.1) is 0 Å². The highest BCUT2D eigenvalue weighted by molar-refractivity contribution is 6.32. The smallest absolute Gasteiger partial charge is 0.372 e. The van der Waals surface area contributed by atoms with E-state index < -0.39 is 23.8 Å². The number of nitrogens with one attached hydrogen (secondary N) is 1. The van der Waals surface area contributed by atoms with Gasteiger partial charge in [-0.2, -0.15) is 0 Å². The Hall–Kier alpha value is -2.66. The van der Waals surface area contributed by atoms with Gasteiger partial charge < -0.3 is 25.0 Å². The van der Waals surface area contributed by atoms with Crippen molar-refractivity contribution in [3.8, 4) is 0 Å². The lowest BCUT2D eigenvalue weighted by Gasteiger charge is -2.14. The summed E-state index contributed by atoms with van der Waals surface area (Å²) in [5.41, 5.74) is 0. The maximum atomic E-state index is 12.2. The van der Waals surface area contributed by atoms with Crippen molar-refractivity contribution >= 4 is 35.2 Å². The second kappa shape index (κ2) is 28.1. The van der Waals surface area contributed by atoms with Crippen LogP contribution in [-0.4, -0.2) is 77.9 Å². The van der Waals surface area contributed by atoms with Crippen LogP contribution in [-0.2, 0) is 38.2 Å². The summed E-state index contributed by atoms with van der Waals surface area (Å²) in [7, 11) is 0. The van der Waals surface area contributed by atoms with E-state index in [1.807, 2.05) is 0 Å². The van der Waals surface area contributed by atoms with E-state index in [4.69, 9.17) is 14.6 Å². The highest BCUT2D eigenvalue weighted by Gasteiger charge is 2.20. The van der Waals surface area contributed by atoms with Crippen LogP contribution in [0.3, 0.4) is 0 Å². The van der Waals surface area contributed by atoms with Crippen molar-refractivity contribution in [2.45, 2.75) is 141 Å². The third-order valence-electron chi connectivity index (χ3n) is 7.06. The summed E-state index contributed by atoms with van der Waals surface area (Å²) in [4.78, 5) is 68.0. The molecule has 0 aromatic heterocycles. The van der Waals surface area contributed by atoms with E-state index in [0.717, 1.165) is 38.5 Å². The first kappa shape index (κ1) is 40.3. The zero-order valence-corrected chi connectivity index (χ0v) is 26.2. The van der Waals surface area contributed by atoms with Crippen molar-refractivity contribution in [1.82, 2.24) is 5.32 Å². The summed E-state index contributed by atoms with van der Waals surface area (Å²) in [6, 6.07) is -1.07. The molecule has 0 aliphatic heterocycles. The van der Waals surface area contributed by atoms with Crippen LogP contribution in [0.4, 0.5) is 0 Å². The van der Waals surface area contributed by atoms with Crippen LogP contribution in [0.25, 0.3) is 0 Å². The van der Waals surface area contributed by atoms with E-state index in [-0.39, 0.29) is 56.2 Å². The number of carboxylic acid groups (broad SMARTS) is 2. The Morgan fingerprint density at radius 1 is 0.581 bits per heavy atom. The van der Waals surface area contributed by atoms with Gasteiger partial charge in [-0.3, -0.25) is 19.2 Å². The summed E-state index contributed by atoms with van der Waals surface area (Å²) >= 11 is 0. The van der Waals surface area contributed by atoms with Crippen LogP contribution < -0.4 is 5.32 Å². The molecule has 1 atom stereocenters. The summed E-state index contributed by atoms with van der Waals surface area (Å²) in [6.07, 6.45) is 16.0. The van der Waals surface area contributed by atoms with E-state index in [2.05, 4.69) is 5.32 Å². The van der Waals surface area contributed by atoms with E-state index in [9.17, 15) is 33.9 Å². The molecule has 1 unspecified atom stereocenters. The van der Waals surface area contributed by atoms with Gasteiger partial charge in [0, 0.05) is 32.3 Å². The largest absolute Gasteiger partial charge is 0.480 e.